The summed E-state index contributed by atoms with van der Waals surface area (Å²) in [6.07, 6.45) is 3.92. The number of hydrogen-bond acceptors (Lipinski definition) is 4. The van der Waals surface area contributed by atoms with Crippen LogP contribution in [0.4, 0.5) is 0 Å². The van der Waals surface area contributed by atoms with E-state index in [0.29, 0.717) is 19.3 Å². The summed E-state index contributed by atoms with van der Waals surface area (Å²) in [5.74, 6) is 0. The molecule has 1 aliphatic rings. The van der Waals surface area contributed by atoms with E-state index in [1.165, 1.54) is 12.8 Å². The van der Waals surface area contributed by atoms with Gasteiger partial charge >= 0.3 is 0 Å². The molecule has 1 heterocycles. The molecule has 2 N–H and O–H groups in total. The smallest absolute Gasteiger partial charge is 0.0817 e. The Morgan fingerprint density at radius 1 is 1.33 bits per heavy atom. The van der Waals surface area contributed by atoms with Crippen molar-refractivity contribution in [3.63, 3.8) is 0 Å². The number of aliphatic hydroxyl groups is 1. The fraction of sp³-hybridized carbons (Fsp3) is 1.00. The lowest BCUT2D eigenvalue weighted by molar-refractivity contribution is -0.0801. The van der Waals surface area contributed by atoms with E-state index in [4.69, 9.17) is 4.74 Å². The molecule has 1 unspecified atom stereocenters. The lowest BCUT2D eigenvalue weighted by atomic mass is 9.84. The fourth-order valence-electron chi connectivity index (χ4n) is 3.40. The lowest BCUT2D eigenvalue weighted by Gasteiger charge is -2.40. The molecule has 0 radical (unpaired) electrons. The maximum Gasteiger partial charge on any atom is 0.0817 e. The maximum absolute atomic E-state index is 10.6. The molecule has 1 atom stereocenters. The van der Waals surface area contributed by atoms with E-state index in [1.807, 2.05) is 0 Å². The SMILES string of the molecule is CCCC(C)(CNC(C)C)CN(C)CC1(O)CCOCC1. The summed E-state index contributed by atoms with van der Waals surface area (Å²) < 4.78 is 5.36. The van der Waals surface area contributed by atoms with Gasteiger partial charge in [0.2, 0.25) is 0 Å². The van der Waals surface area contributed by atoms with Crippen LogP contribution in [0.15, 0.2) is 0 Å². The Bertz CT molecular complexity index is 291. The van der Waals surface area contributed by atoms with E-state index in [-0.39, 0.29) is 5.41 Å². The highest BCUT2D eigenvalue weighted by Gasteiger charge is 2.33. The van der Waals surface area contributed by atoms with Gasteiger partial charge in [-0.05, 0) is 18.9 Å². The van der Waals surface area contributed by atoms with Gasteiger partial charge in [0, 0.05) is 51.7 Å². The third kappa shape index (κ3) is 7.09. The van der Waals surface area contributed by atoms with E-state index in [1.54, 1.807) is 0 Å². The Balaban J connectivity index is 2.52. The van der Waals surface area contributed by atoms with E-state index >= 15 is 0 Å². The van der Waals surface area contributed by atoms with Gasteiger partial charge in [-0.3, -0.25) is 0 Å². The predicted octanol–water partition coefficient (Wildman–Crippen LogP) is 2.26. The first kappa shape index (κ1) is 18.9. The van der Waals surface area contributed by atoms with Gasteiger partial charge in [0.1, 0.15) is 0 Å². The highest BCUT2D eigenvalue weighted by molar-refractivity contribution is 4.87. The zero-order valence-corrected chi connectivity index (χ0v) is 14.7. The van der Waals surface area contributed by atoms with Gasteiger partial charge < -0.3 is 20.1 Å². The van der Waals surface area contributed by atoms with Crippen LogP contribution in [0.2, 0.25) is 0 Å². The van der Waals surface area contributed by atoms with Crippen LogP contribution in [-0.2, 0) is 4.74 Å². The monoisotopic (exact) mass is 300 g/mol. The van der Waals surface area contributed by atoms with E-state index in [9.17, 15) is 5.11 Å². The van der Waals surface area contributed by atoms with Crippen molar-refractivity contribution < 1.29 is 9.84 Å². The van der Waals surface area contributed by atoms with Gasteiger partial charge in [0.25, 0.3) is 0 Å². The molecule has 0 saturated carbocycles. The third-order valence-electron chi connectivity index (χ3n) is 4.43. The minimum atomic E-state index is -0.564. The molecule has 1 fully saturated rings. The average Bonchev–Trinajstić information content (AvgIpc) is 2.36. The Morgan fingerprint density at radius 2 is 1.95 bits per heavy atom. The lowest BCUT2D eigenvalue weighted by Crippen LogP contribution is -2.49. The molecule has 0 aromatic carbocycles. The van der Waals surface area contributed by atoms with E-state index in [0.717, 1.165) is 32.5 Å². The number of hydrogen-bond donors (Lipinski definition) is 2. The molecule has 0 aromatic rings. The van der Waals surface area contributed by atoms with Gasteiger partial charge in [-0.2, -0.15) is 0 Å². The van der Waals surface area contributed by atoms with Crippen LogP contribution in [0.1, 0.15) is 53.4 Å². The van der Waals surface area contributed by atoms with Crippen LogP contribution in [0.25, 0.3) is 0 Å². The molecular formula is C17H36N2O2. The van der Waals surface area contributed by atoms with Crippen molar-refractivity contribution in [2.24, 2.45) is 5.41 Å². The second kappa shape index (κ2) is 8.47. The van der Waals surface area contributed by atoms with E-state index < -0.39 is 5.60 Å². The summed E-state index contributed by atoms with van der Waals surface area (Å²) in [5, 5.41) is 14.2. The molecule has 1 aliphatic heterocycles. The van der Waals surface area contributed by atoms with Gasteiger partial charge in [0.15, 0.2) is 0 Å². The number of ether oxygens (including phenoxy) is 1. The van der Waals surface area contributed by atoms with Crippen LogP contribution < -0.4 is 5.32 Å². The number of rotatable bonds is 9. The quantitative estimate of drug-likeness (QED) is 0.685. The molecule has 0 bridgehead atoms. The maximum atomic E-state index is 10.6. The molecule has 1 saturated heterocycles. The topological polar surface area (TPSA) is 44.7 Å². The Morgan fingerprint density at radius 3 is 2.48 bits per heavy atom. The first-order valence-corrected chi connectivity index (χ1v) is 8.51. The molecule has 0 aliphatic carbocycles. The molecule has 4 heteroatoms. The Hall–Kier alpha value is -0.160. The summed E-state index contributed by atoms with van der Waals surface area (Å²) >= 11 is 0. The van der Waals surface area contributed by atoms with Gasteiger partial charge in [-0.15, -0.1) is 0 Å². The average molecular weight is 300 g/mol. The number of nitrogens with zero attached hydrogens (tertiary/aromatic N) is 1. The van der Waals surface area contributed by atoms with Gasteiger partial charge in [0.05, 0.1) is 5.60 Å². The summed E-state index contributed by atoms with van der Waals surface area (Å²) in [5.41, 5.74) is -0.305. The van der Waals surface area contributed by atoms with Crippen molar-refractivity contribution >= 4 is 0 Å². The normalized spacial score (nSPS) is 21.7. The van der Waals surface area contributed by atoms with Crippen LogP contribution >= 0.6 is 0 Å². The second-order valence-corrected chi connectivity index (χ2v) is 7.61. The molecule has 21 heavy (non-hydrogen) atoms. The van der Waals surface area contributed by atoms with Crippen LogP contribution in [-0.4, -0.2) is 61.5 Å². The van der Waals surface area contributed by atoms with Crippen molar-refractivity contribution in [1.82, 2.24) is 10.2 Å². The molecule has 0 aromatic heterocycles. The highest BCUT2D eigenvalue weighted by atomic mass is 16.5. The first-order chi connectivity index (χ1) is 9.79. The summed E-state index contributed by atoms with van der Waals surface area (Å²) in [4.78, 5) is 2.31. The van der Waals surface area contributed by atoms with Crippen LogP contribution in [0.5, 0.6) is 0 Å². The zero-order valence-electron chi connectivity index (χ0n) is 14.7. The Kier molecular flexibility index (Phi) is 7.62. The molecule has 126 valence electrons. The van der Waals surface area contributed by atoms with Gasteiger partial charge in [-0.1, -0.05) is 34.1 Å². The van der Waals surface area contributed by atoms with Crippen LogP contribution in [0, 0.1) is 5.41 Å². The summed E-state index contributed by atoms with van der Waals surface area (Å²) in [6.45, 7) is 13.2. The first-order valence-electron chi connectivity index (χ1n) is 8.51. The second-order valence-electron chi connectivity index (χ2n) is 7.61. The van der Waals surface area contributed by atoms with E-state index in [2.05, 4.69) is 45.0 Å². The standard InChI is InChI=1S/C17H36N2O2/c1-6-7-16(4,12-18-15(2)3)13-19(5)14-17(20)8-10-21-11-9-17/h15,18,20H,6-14H2,1-5H3. The van der Waals surface area contributed by atoms with Crippen molar-refractivity contribution in [1.29, 1.82) is 0 Å². The molecule has 4 nitrogen and oxygen atoms in total. The largest absolute Gasteiger partial charge is 0.388 e. The van der Waals surface area contributed by atoms with Gasteiger partial charge in [-0.25, -0.2) is 0 Å². The number of nitrogens with one attached hydrogen (secondary N) is 1. The predicted molar refractivity (Wildman–Crippen MR) is 88.7 cm³/mol. The van der Waals surface area contributed by atoms with Crippen molar-refractivity contribution in [2.75, 3.05) is 39.9 Å². The van der Waals surface area contributed by atoms with Crippen molar-refractivity contribution in [3.05, 3.63) is 0 Å². The number of likely N-dealkylation sites (N-methyl/N-ethyl adjacent to an activating group) is 1. The zero-order chi connectivity index (χ0) is 15.9. The Labute approximate surface area is 131 Å². The molecular weight excluding hydrogens is 264 g/mol. The van der Waals surface area contributed by atoms with Crippen molar-refractivity contribution in [3.8, 4) is 0 Å². The highest BCUT2D eigenvalue weighted by Crippen LogP contribution is 2.26. The minimum absolute atomic E-state index is 0.259. The molecule has 0 spiro atoms. The molecule has 1 rings (SSSR count). The van der Waals surface area contributed by atoms with Crippen LogP contribution in [0.3, 0.4) is 0 Å². The molecule has 0 amide bonds. The van der Waals surface area contributed by atoms with Crippen molar-refractivity contribution in [2.45, 2.75) is 65.0 Å². The minimum Gasteiger partial charge on any atom is -0.388 e. The third-order valence-corrected chi connectivity index (χ3v) is 4.43. The summed E-state index contributed by atoms with van der Waals surface area (Å²) in [7, 11) is 2.14. The fourth-order valence-corrected chi connectivity index (χ4v) is 3.40. The summed E-state index contributed by atoms with van der Waals surface area (Å²) in [6, 6.07) is 0.520.